The number of carbonyl (C=O) groups excluding carboxylic acids is 1. The molecule has 1 aliphatic rings. The lowest BCUT2D eigenvalue weighted by atomic mass is 10.1. The average molecular weight is 393 g/mol. The lowest BCUT2D eigenvalue weighted by molar-refractivity contribution is 0.0650. The highest BCUT2D eigenvalue weighted by Crippen LogP contribution is 2.17. The van der Waals surface area contributed by atoms with E-state index in [1.807, 2.05) is 41.3 Å². The molecular weight excluding hydrogens is 368 g/mol. The van der Waals surface area contributed by atoms with E-state index in [-0.39, 0.29) is 18.3 Å². The number of hydrogen-bond acceptors (Lipinski definition) is 2. The molecule has 4 heteroatoms. The summed E-state index contributed by atoms with van der Waals surface area (Å²) in [6.45, 7) is 4.32. The third-order valence-electron chi connectivity index (χ3n) is 5.13. The Balaban J connectivity index is 0.00000225. The number of fused-ring (bicyclic) bond motifs is 1. The van der Waals surface area contributed by atoms with Crippen LogP contribution in [-0.2, 0) is 0 Å². The lowest BCUT2D eigenvalue weighted by Gasteiger charge is -2.34. The molecule has 1 saturated heterocycles. The van der Waals surface area contributed by atoms with Crippen LogP contribution in [0.1, 0.15) is 15.9 Å². The Labute approximate surface area is 172 Å². The van der Waals surface area contributed by atoms with Crippen LogP contribution in [0, 0.1) is 0 Å². The smallest absolute Gasteiger partial charge is 0.253 e. The summed E-state index contributed by atoms with van der Waals surface area (Å²) in [7, 11) is 0. The van der Waals surface area contributed by atoms with Crippen molar-refractivity contribution in [2.45, 2.75) is 0 Å². The van der Waals surface area contributed by atoms with Crippen LogP contribution in [0.5, 0.6) is 0 Å². The summed E-state index contributed by atoms with van der Waals surface area (Å²) in [5.74, 6) is 0.139. The summed E-state index contributed by atoms with van der Waals surface area (Å²) in [4.78, 5) is 17.2. The molecule has 0 bridgehead atoms. The summed E-state index contributed by atoms with van der Waals surface area (Å²) in [5.41, 5.74) is 2.01. The van der Waals surface area contributed by atoms with Gasteiger partial charge >= 0.3 is 0 Å². The summed E-state index contributed by atoms with van der Waals surface area (Å²) in [5, 5.41) is 2.29. The van der Waals surface area contributed by atoms with Crippen LogP contribution >= 0.6 is 12.4 Å². The van der Waals surface area contributed by atoms with Gasteiger partial charge in [0.1, 0.15) is 0 Å². The molecule has 0 unspecified atom stereocenters. The molecule has 0 aromatic heterocycles. The monoisotopic (exact) mass is 392 g/mol. The van der Waals surface area contributed by atoms with E-state index in [1.54, 1.807) is 0 Å². The molecule has 0 N–H and O–H groups in total. The van der Waals surface area contributed by atoms with Crippen molar-refractivity contribution >= 4 is 35.2 Å². The molecule has 1 aliphatic heterocycles. The van der Waals surface area contributed by atoms with Crippen LogP contribution in [0.15, 0.2) is 78.9 Å². The SMILES string of the molecule is Cl.O=C(c1ccc2ccccc2c1)N1CCN(CC=Cc2ccccc2)CC1. The van der Waals surface area contributed by atoms with Crippen LogP contribution in [0.25, 0.3) is 16.8 Å². The molecule has 3 aromatic rings. The Morgan fingerprint density at radius 2 is 1.50 bits per heavy atom. The van der Waals surface area contributed by atoms with Crippen molar-refractivity contribution in [2.75, 3.05) is 32.7 Å². The molecule has 1 heterocycles. The van der Waals surface area contributed by atoms with Crippen LogP contribution in [-0.4, -0.2) is 48.4 Å². The first-order valence-electron chi connectivity index (χ1n) is 9.52. The minimum atomic E-state index is 0. The Bertz CT molecular complexity index is 947. The van der Waals surface area contributed by atoms with Gasteiger partial charge in [-0.05, 0) is 28.5 Å². The first kappa shape index (κ1) is 20.1. The van der Waals surface area contributed by atoms with Gasteiger partial charge in [-0.15, -0.1) is 12.4 Å². The van der Waals surface area contributed by atoms with Gasteiger partial charge in [0, 0.05) is 38.3 Å². The maximum Gasteiger partial charge on any atom is 0.253 e. The molecule has 0 spiro atoms. The zero-order chi connectivity index (χ0) is 18.5. The number of amides is 1. The Morgan fingerprint density at radius 3 is 2.25 bits per heavy atom. The van der Waals surface area contributed by atoms with Crippen LogP contribution in [0.3, 0.4) is 0 Å². The van der Waals surface area contributed by atoms with Gasteiger partial charge in [0.25, 0.3) is 5.91 Å². The third kappa shape index (κ3) is 4.80. The van der Waals surface area contributed by atoms with Crippen molar-refractivity contribution in [3.05, 3.63) is 90.0 Å². The minimum Gasteiger partial charge on any atom is -0.336 e. The summed E-state index contributed by atoms with van der Waals surface area (Å²) in [6.07, 6.45) is 4.36. The maximum atomic E-state index is 12.8. The standard InChI is InChI=1S/C24H24N2O.ClH/c27-24(23-13-12-21-10-4-5-11-22(21)19-23)26-17-15-25(16-18-26)14-6-9-20-7-2-1-3-8-20;/h1-13,19H,14-18H2;1H. The highest BCUT2D eigenvalue weighted by Gasteiger charge is 2.21. The fourth-order valence-corrected chi connectivity index (χ4v) is 3.54. The second-order valence-corrected chi connectivity index (χ2v) is 6.97. The number of carbonyl (C=O) groups is 1. The zero-order valence-electron chi connectivity index (χ0n) is 15.8. The number of nitrogens with zero attached hydrogens (tertiary/aromatic N) is 2. The van der Waals surface area contributed by atoms with Crippen molar-refractivity contribution in [1.82, 2.24) is 9.80 Å². The normalized spacial score (nSPS) is 14.9. The Morgan fingerprint density at radius 1 is 0.821 bits per heavy atom. The highest BCUT2D eigenvalue weighted by atomic mass is 35.5. The number of piperazine rings is 1. The van der Waals surface area contributed by atoms with Gasteiger partial charge in [-0.1, -0.05) is 72.8 Å². The highest BCUT2D eigenvalue weighted by molar-refractivity contribution is 5.98. The minimum absolute atomic E-state index is 0. The van der Waals surface area contributed by atoms with Crippen molar-refractivity contribution < 1.29 is 4.79 Å². The molecule has 0 radical (unpaired) electrons. The Kier molecular flexibility index (Phi) is 6.85. The van der Waals surface area contributed by atoms with E-state index in [4.69, 9.17) is 0 Å². The third-order valence-corrected chi connectivity index (χ3v) is 5.13. The van der Waals surface area contributed by atoms with Gasteiger partial charge in [0.15, 0.2) is 0 Å². The van der Waals surface area contributed by atoms with Crippen molar-refractivity contribution in [3.63, 3.8) is 0 Å². The fourth-order valence-electron chi connectivity index (χ4n) is 3.54. The molecular formula is C24H25ClN2O. The van der Waals surface area contributed by atoms with Gasteiger partial charge in [-0.25, -0.2) is 0 Å². The predicted octanol–water partition coefficient (Wildman–Crippen LogP) is 4.73. The van der Waals surface area contributed by atoms with Crippen molar-refractivity contribution in [2.24, 2.45) is 0 Å². The average Bonchev–Trinajstić information content (AvgIpc) is 2.74. The molecule has 1 fully saturated rings. The number of halogens is 1. The molecule has 3 aromatic carbocycles. The first-order chi connectivity index (χ1) is 13.3. The van der Waals surface area contributed by atoms with Crippen molar-refractivity contribution in [1.29, 1.82) is 0 Å². The largest absolute Gasteiger partial charge is 0.336 e. The Hall–Kier alpha value is -2.62. The molecule has 144 valence electrons. The molecule has 0 aliphatic carbocycles. The summed E-state index contributed by atoms with van der Waals surface area (Å²) >= 11 is 0. The second kappa shape index (κ2) is 9.54. The molecule has 0 saturated carbocycles. The van der Waals surface area contributed by atoms with Crippen LogP contribution in [0.2, 0.25) is 0 Å². The number of rotatable bonds is 4. The van der Waals surface area contributed by atoms with Crippen LogP contribution in [0.4, 0.5) is 0 Å². The van der Waals surface area contributed by atoms with Gasteiger partial charge in [0.05, 0.1) is 0 Å². The number of benzene rings is 3. The molecule has 28 heavy (non-hydrogen) atoms. The van der Waals surface area contributed by atoms with E-state index in [0.29, 0.717) is 0 Å². The maximum absolute atomic E-state index is 12.8. The summed E-state index contributed by atoms with van der Waals surface area (Å²) in [6, 6.07) is 24.5. The second-order valence-electron chi connectivity index (χ2n) is 6.97. The van der Waals surface area contributed by atoms with Gasteiger partial charge < -0.3 is 4.90 Å². The van der Waals surface area contributed by atoms with E-state index in [0.717, 1.165) is 43.7 Å². The quantitative estimate of drug-likeness (QED) is 0.640. The predicted molar refractivity (Wildman–Crippen MR) is 119 cm³/mol. The first-order valence-corrected chi connectivity index (χ1v) is 9.52. The van der Waals surface area contributed by atoms with Gasteiger partial charge in [-0.2, -0.15) is 0 Å². The fraction of sp³-hybridized carbons (Fsp3) is 0.208. The molecule has 3 nitrogen and oxygen atoms in total. The molecule has 4 rings (SSSR count). The number of hydrogen-bond donors (Lipinski definition) is 0. The molecule has 0 atom stereocenters. The zero-order valence-corrected chi connectivity index (χ0v) is 16.6. The molecule has 1 amide bonds. The van der Waals surface area contributed by atoms with E-state index >= 15 is 0 Å². The van der Waals surface area contributed by atoms with E-state index in [2.05, 4.69) is 53.5 Å². The van der Waals surface area contributed by atoms with E-state index in [1.165, 1.54) is 10.9 Å². The van der Waals surface area contributed by atoms with Crippen LogP contribution < -0.4 is 0 Å². The van der Waals surface area contributed by atoms with Crippen molar-refractivity contribution in [3.8, 4) is 0 Å². The van der Waals surface area contributed by atoms with Gasteiger partial charge in [-0.3, -0.25) is 9.69 Å². The van der Waals surface area contributed by atoms with Gasteiger partial charge in [0.2, 0.25) is 0 Å². The van der Waals surface area contributed by atoms with E-state index < -0.39 is 0 Å². The van der Waals surface area contributed by atoms with E-state index in [9.17, 15) is 4.79 Å². The lowest BCUT2D eigenvalue weighted by Crippen LogP contribution is -2.48. The summed E-state index contributed by atoms with van der Waals surface area (Å²) < 4.78 is 0. The topological polar surface area (TPSA) is 23.6 Å².